The highest BCUT2D eigenvalue weighted by Crippen LogP contribution is 2.23. The molecule has 2 aromatic rings. The van der Waals surface area contributed by atoms with Crippen molar-refractivity contribution in [1.82, 2.24) is 14.9 Å². The van der Waals surface area contributed by atoms with Crippen LogP contribution in [-0.4, -0.2) is 56.6 Å². The number of piperidine rings is 1. The van der Waals surface area contributed by atoms with Gasteiger partial charge in [-0.25, -0.2) is 13.2 Å². The van der Waals surface area contributed by atoms with Crippen LogP contribution in [0.15, 0.2) is 57.9 Å². The summed E-state index contributed by atoms with van der Waals surface area (Å²) in [5.41, 5.74) is 0.572. The highest BCUT2D eigenvalue weighted by atomic mass is 79.9. The molecule has 0 spiro atoms. The highest BCUT2D eigenvalue weighted by Gasteiger charge is 2.32. The van der Waals surface area contributed by atoms with Crippen molar-refractivity contribution in [1.29, 1.82) is 5.26 Å². The van der Waals surface area contributed by atoms with Gasteiger partial charge in [0.15, 0.2) is 0 Å². The van der Waals surface area contributed by atoms with Crippen LogP contribution in [0.5, 0.6) is 0 Å². The van der Waals surface area contributed by atoms with Crippen molar-refractivity contribution in [3.63, 3.8) is 0 Å². The van der Waals surface area contributed by atoms with Gasteiger partial charge in [0.05, 0.1) is 16.5 Å². The molecule has 0 bridgehead atoms. The summed E-state index contributed by atoms with van der Waals surface area (Å²) in [7, 11) is -3.99. The van der Waals surface area contributed by atoms with Crippen LogP contribution >= 0.6 is 15.9 Å². The van der Waals surface area contributed by atoms with E-state index in [1.807, 2.05) is 20.8 Å². The Bertz CT molecular complexity index is 1310. The van der Waals surface area contributed by atoms with Crippen LogP contribution in [0.1, 0.15) is 51.2 Å². The van der Waals surface area contributed by atoms with Gasteiger partial charge in [-0.1, -0.05) is 34.1 Å². The average Bonchev–Trinajstić information content (AvgIpc) is 2.87. The fourth-order valence-electron chi connectivity index (χ4n) is 4.43. The second-order valence-corrected chi connectivity index (χ2v) is 13.3. The van der Waals surface area contributed by atoms with Crippen LogP contribution in [0, 0.1) is 17.2 Å². The lowest BCUT2D eigenvalue weighted by atomic mass is 9.93. The molecule has 11 heteroatoms. The normalized spacial score (nSPS) is 15.3. The molecule has 1 aliphatic rings. The summed E-state index contributed by atoms with van der Waals surface area (Å²) < 4.78 is 34.9. The zero-order valence-corrected chi connectivity index (χ0v) is 24.8. The van der Waals surface area contributed by atoms with E-state index in [0.29, 0.717) is 41.2 Å². The first-order chi connectivity index (χ1) is 18.4. The van der Waals surface area contributed by atoms with Crippen LogP contribution in [0.4, 0.5) is 4.79 Å². The van der Waals surface area contributed by atoms with E-state index in [-0.39, 0.29) is 17.2 Å². The number of hydrogen-bond donors (Lipinski definition) is 2. The Labute approximate surface area is 239 Å². The second-order valence-electron chi connectivity index (χ2n) is 10.6. The van der Waals surface area contributed by atoms with Crippen LogP contribution in [0.2, 0.25) is 0 Å². The Morgan fingerprint density at radius 3 is 2.49 bits per heavy atom. The average molecular weight is 620 g/mol. The van der Waals surface area contributed by atoms with Crippen molar-refractivity contribution in [3.05, 3.63) is 64.1 Å². The van der Waals surface area contributed by atoms with E-state index in [1.165, 1.54) is 12.1 Å². The molecule has 2 N–H and O–H groups in total. The molecule has 0 radical (unpaired) electrons. The molecule has 1 saturated heterocycles. The van der Waals surface area contributed by atoms with Gasteiger partial charge in [0, 0.05) is 24.1 Å². The predicted octanol–water partition coefficient (Wildman–Crippen LogP) is 4.36. The van der Waals surface area contributed by atoms with Gasteiger partial charge >= 0.3 is 6.09 Å². The van der Waals surface area contributed by atoms with Gasteiger partial charge in [0.2, 0.25) is 15.9 Å². The topological polar surface area (TPSA) is 129 Å². The molecular formula is C28H35BrN4O5S. The highest BCUT2D eigenvalue weighted by molar-refractivity contribution is 9.10. The zero-order valence-electron chi connectivity index (χ0n) is 22.4. The molecule has 3 rings (SSSR count). The number of alkyl carbamates (subject to hydrolysis) is 1. The minimum Gasteiger partial charge on any atom is -0.444 e. The zero-order chi connectivity index (χ0) is 28.6. The van der Waals surface area contributed by atoms with E-state index in [2.05, 4.69) is 32.0 Å². The van der Waals surface area contributed by atoms with Crippen molar-refractivity contribution in [2.45, 2.75) is 63.0 Å². The summed E-state index contributed by atoms with van der Waals surface area (Å²) in [6, 6.07) is 14.2. The maximum atomic E-state index is 13.6. The number of halogens is 1. The molecule has 1 heterocycles. The van der Waals surface area contributed by atoms with E-state index in [9.17, 15) is 23.3 Å². The summed E-state index contributed by atoms with van der Waals surface area (Å²) in [5.74, 6) is 0.0226. The molecule has 9 nitrogen and oxygen atoms in total. The molecule has 0 aromatic heterocycles. The van der Waals surface area contributed by atoms with Crippen molar-refractivity contribution in [2.24, 2.45) is 5.92 Å². The summed E-state index contributed by atoms with van der Waals surface area (Å²) in [5, 5.41) is 12.0. The summed E-state index contributed by atoms with van der Waals surface area (Å²) in [6.45, 7) is 6.90. The largest absolute Gasteiger partial charge is 0.444 e. The third kappa shape index (κ3) is 9.64. The fraction of sp³-hybridized carbons (Fsp3) is 0.464. The van der Waals surface area contributed by atoms with E-state index in [4.69, 9.17) is 4.74 Å². The van der Waals surface area contributed by atoms with E-state index in [0.717, 1.165) is 19.3 Å². The minimum atomic E-state index is -3.99. The van der Waals surface area contributed by atoms with E-state index >= 15 is 0 Å². The lowest BCUT2D eigenvalue weighted by molar-refractivity contribution is -0.134. The van der Waals surface area contributed by atoms with Gasteiger partial charge < -0.3 is 15.0 Å². The molecular weight excluding hydrogens is 584 g/mol. The lowest BCUT2D eigenvalue weighted by Gasteiger charge is -2.34. The first-order valence-corrected chi connectivity index (χ1v) is 15.2. The number of nitriles is 1. The molecule has 1 atom stereocenters. The first kappa shape index (κ1) is 30.6. The van der Waals surface area contributed by atoms with Gasteiger partial charge in [-0.05, 0) is 88.3 Å². The lowest BCUT2D eigenvalue weighted by Crippen LogP contribution is -2.51. The van der Waals surface area contributed by atoms with Crippen molar-refractivity contribution in [3.8, 4) is 6.07 Å². The molecule has 0 saturated carbocycles. The smallest absolute Gasteiger partial charge is 0.407 e. The van der Waals surface area contributed by atoms with Crippen molar-refractivity contribution in [2.75, 3.05) is 19.6 Å². The van der Waals surface area contributed by atoms with Crippen LogP contribution in [0.3, 0.4) is 0 Å². The molecule has 0 aliphatic carbocycles. The number of sulfonamides is 1. The maximum Gasteiger partial charge on any atom is 0.407 e. The number of nitrogens with one attached hydrogen (secondary N) is 2. The Morgan fingerprint density at radius 2 is 1.85 bits per heavy atom. The van der Waals surface area contributed by atoms with Crippen LogP contribution in [-0.2, 0) is 26.0 Å². The minimum absolute atomic E-state index is 0.0525. The first-order valence-electron chi connectivity index (χ1n) is 12.9. The van der Waals surface area contributed by atoms with Gasteiger partial charge in [0.1, 0.15) is 11.6 Å². The Balaban J connectivity index is 1.66. The number of rotatable bonds is 9. The summed E-state index contributed by atoms with van der Waals surface area (Å²) in [6.07, 6.45) is 1.92. The number of benzene rings is 2. The SMILES string of the molecule is CC(C)(C)OC(=O)NCCC1CCN(C(=O)[C@H](Cc2cccc(C#N)c2)NS(=O)(=O)c2cccc(Br)c2)CC1. The van der Waals surface area contributed by atoms with Crippen molar-refractivity contribution >= 4 is 38.0 Å². The second kappa shape index (κ2) is 13.4. The summed E-state index contributed by atoms with van der Waals surface area (Å²) in [4.78, 5) is 27.3. The molecule has 2 amide bonds. The standard InChI is InChI=1S/C28H35BrN4O5S/c1-28(2,3)38-27(35)31-13-10-20-11-14-33(15-12-20)26(34)25(17-21-6-4-7-22(16-21)19-30)32-39(36,37)24-9-5-8-23(29)18-24/h4-9,16,18,20,25,32H,10-15,17H2,1-3H3,(H,31,35)/t25-/m0/s1. The Hall–Kier alpha value is -2.94. The monoisotopic (exact) mass is 618 g/mol. The van der Waals surface area contributed by atoms with Gasteiger partial charge in [-0.15, -0.1) is 0 Å². The molecule has 1 aliphatic heterocycles. The quantitative estimate of drug-likeness (QED) is 0.429. The molecule has 1 fully saturated rings. The van der Waals surface area contributed by atoms with Crippen LogP contribution < -0.4 is 10.0 Å². The molecule has 2 aromatic carbocycles. The maximum absolute atomic E-state index is 13.6. The third-order valence-electron chi connectivity index (χ3n) is 6.34. The number of hydrogen-bond acceptors (Lipinski definition) is 6. The molecule has 210 valence electrons. The molecule has 0 unspecified atom stereocenters. The third-order valence-corrected chi connectivity index (χ3v) is 8.31. The Kier molecular flexibility index (Phi) is 10.5. The molecule has 39 heavy (non-hydrogen) atoms. The van der Waals surface area contributed by atoms with Gasteiger partial charge in [0.25, 0.3) is 0 Å². The number of nitrogens with zero attached hydrogens (tertiary/aromatic N) is 2. The predicted molar refractivity (Wildman–Crippen MR) is 151 cm³/mol. The van der Waals surface area contributed by atoms with Crippen LogP contribution in [0.25, 0.3) is 0 Å². The number of carbonyl (C=O) groups excluding carboxylic acids is 2. The number of likely N-dealkylation sites (tertiary alicyclic amines) is 1. The van der Waals surface area contributed by atoms with E-state index < -0.39 is 27.8 Å². The summed E-state index contributed by atoms with van der Waals surface area (Å²) >= 11 is 3.30. The van der Waals surface area contributed by atoms with Crippen molar-refractivity contribution < 1.29 is 22.7 Å². The van der Waals surface area contributed by atoms with Gasteiger partial charge in [-0.3, -0.25) is 4.79 Å². The number of amides is 2. The fourth-order valence-corrected chi connectivity index (χ4v) is 6.21. The Morgan fingerprint density at radius 1 is 1.15 bits per heavy atom. The van der Waals surface area contributed by atoms with Gasteiger partial charge in [-0.2, -0.15) is 9.98 Å². The number of ether oxygens (including phenoxy) is 1. The number of carbonyl (C=O) groups is 2. The van der Waals surface area contributed by atoms with E-state index in [1.54, 1.807) is 41.3 Å².